The summed E-state index contributed by atoms with van der Waals surface area (Å²) < 4.78 is 0. The van der Waals surface area contributed by atoms with Crippen LogP contribution in [0.4, 0.5) is 0 Å². The van der Waals surface area contributed by atoms with Gasteiger partial charge in [0, 0.05) is 64.5 Å². The predicted molar refractivity (Wildman–Crippen MR) is 138 cm³/mol. The Labute approximate surface area is 221 Å². The van der Waals surface area contributed by atoms with Crippen molar-refractivity contribution in [2.75, 3.05) is 0 Å². The first-order valence-electron chi connectivity index (χ1n) is 11.3. The van der Waals surface area contributed by atoms with Crippen molar-refractivity contribution in [3.05, 3.63) is 113 Å². The Kier molecular flexibility index (Phi) is 6.79. The van der Waals surface area contributed by atoms with Gasteiger partial charge in [0.2, 0.25) is 0 Å². The van der Waals surface area contributed by atoms with Crippen LogP contribution in [-0.4, -0.2) is 52.9 Å². The highest BCUT2D eigenvalue weighted by Crippen LogP contribution is 2.33. The van der Waals surface area contributed by atoms with E-state index in [0.29, 0.717) is 44.1 Å². The highest BCUT2D eigenvalue weighted by atomic mass is 35.5. The zero-order chi connectivity index (χ0) is 26.6. The van der Waals surface area contributed by atoms with Gasteiger partial charge in [-0.05, 0) is 47.5 Å². The van der Waals surface area contributed by atoms with E-state index in [1.165, 1.54) is 55.1 Å². The molecule has 10 nitrogen and oxygen atoms in total. The Balaban J connectivity index is 1.46. The van der Waals surface area contributed by atoms with Gasteiger partial charge < -0.3 is 10.1 Å². The van der Waals surface area contributed by atoms with Crippen LogP contribution in [0.1, 0.15) is 36.8 Å². The summed E-state index contributed by atoms with van der Waals surface area (Å²) in [5.41, 5.74) is 3.77. The smallest absolute Gasteiger partial charge is 0.352 e. The molecule has 188 valence electrons. The van der Waals surface area contributed by atoms with Crippen LogP contribution in [0.5, 0.6) is 0 Å². The van der Waals surface area contributed by atoms with Crippen molar-refractivity contribution in [1.82, 2.24) is 30.0 Å². The molecule has 0 spiro atoms. The number of hydrogen-bond donors (Lipinski definition) is 3. The first-order chi connectivity index (χ1) is 18.4. The number of imide groups is 1. The van der Waals surface area contributed by atoms with Crippen molar-refractivity contribution in [3.63, 3.8) is 0 Å². The van der Waals surface area contributed by atoms with Gasteiger partial charge in [-0.25, -0.2) is 4.79 Å². The van der Waals surface area contributed by atoms with E-state index >= 15 is 0 Å². The minimum Gasteiger partial charge on any atom is -0.477 e. The number of aromatic amines is 2. The van der Waals surface area contributed by atoms with E-state index in [4.69, 9.17) is 11.6 Å². The Morgan fingerprint density at radius 3 is 2.03 bits per heavy atom. The molecule has 4 aromatic heterocycles. The van der Waals surface area contributed by atoms with E-state index in [0.717, 1.165) is 4.90 Å². The van der Waals surface area contributed by atoms with Gasteiger partial charge in [-0.1, -0.05) is 23.7 Å². The number of H-pyrrole nitrogens is 2. The van der Waals surface area contributed by atoms with Crippen LogP contribution in [0, 0.1) is 0 Å². The molecule has 0 aliphatic carbocycles. The Hall–Kier alpha value is -5.09. The molecule has 4 heterocycles. The maximum Gasteiger partial charge on any atom is 0.352 e. The maximum atomic E-state index is 13.3. The zero-order valence-corrected chi connectivity index (χ0v) is 20.4. The van der Waals surface area contributed by atoms with Crippen molar-refractivity contribution in [3.8, 4) is 22.4 Å². The number of rotatable bonds is 7. The van der Waals surface area contributed by atoms with Crippen molar-refractivity contribution >= 4 is 29.4 Å². The largest absolute Gasteiger partial charge is 0.477 e. The third-order valence-corrected chi connectivity index (χ3v) is 6.22. The van der Waals surface area contributed by atoms with Crippen molar-refractivity contribution in [2.24, 2.45) is 0 Å². The molecule has 5 rings (SSSR count). The summed E-state index contributed by atoms with van der Waals surface area (Å²) in [6.45, 7) is -0.0700. The third kappa shape index (κ3) is 4.93. The van der Waals surface area contributed by atoms with Crippen LogP contribution in [0.2, 0.25) is 5.02 Å². The first kappa shape index (κ1) is 24.6. The van der Waals surface area contributed by atoms with Crippen LogP contribution >= 0.6 is 11.6 Å². The number of benzene rings is 1. The second kappa shape index (κ2) is 10.5. The summed E-state index contributed by atoms with van der Waals surface area (Å²) in [5, 5.41) is 16.6. The Morgan fingerprint density at radius 2 is 1.47 bits per heavy atom. The zero-order valence-electron chi connectivity index (χ0n) is 19.6. The lowest BCUT2D eigenvalue weighted by Gasteiger charge is -2.22. The second-order valence-electron chi connectivity index (χ2n) is 8.23. The van der Waals surface area contributed by atoms with Gasteiger partial charge >= 0.3 is 5.97 Å². The standard InChI is InChI=1S/C27H19ClN6O4/c28-22-11-18(21-14-32-33-24(21)20-12-23(27(37)38)31-13-20)1-2-19(22)15-34(25(35)16-3-7-29-8-4-16)26(36)17-5-9-30-10-6-17/h1-14,31H,15H2,(H,32,33)(H,37,38). The molecule has 0 fully saturated rings. The molecule has 0 radical (unpaired) electrons. The summed E-state index contributed by atoms with van der Waals surface area (Å²) in [6.07, 6.45) is 9.17. The fourth-order valence-corrected chi connectivity index (χ4v) is 4.17. The summed E-state index contributed by atoms with van der Waals surface area (Å²) in [6, 6.07) is 12.9. The number of halogens is 1. The number of amides is 2. The highest BCUT2D eigenvalue weighted by molar-refractivity contribution is 6.31. The van der Waals surface area contributed by atoms with E-state index in [2.05, 4.69) is 25.1 Å². The van der Waals surface area contributed by atoms with E-state index in [-0.39, 0.29) is 12.2 Å². The van der Waals surface area contributed by atoms with Crippen LogP contribution in [0.3, 0.4) is 0 Å². The molecular formula is C27H19ClN6O4. The van der Waals surface area contributed by atoms with Crippen LogP contribution in [-0.2, 0) is 6.54 Å². The summed E-state index contributed by atoms with van der Waals surface area (Å²) in [4.78, 5) is 49.6. The topological polar surface area (TPSA) is 145 Å². The normalized spacial score (nSPS) is 10.8. The molecular weight excluding hydrogens is 508 g/mol. The van der Waals surface area contributed by atoms with Crippen LogP contribution in [0.25, 0.3) is 22.4 Å². The van der Waals surface area contributed by atoms with Crippen molar-refractivity contribution < 1.29 is 19.5 Å². The molecule has 0 bridgehead atoms. The molecule has 5 aromatic rings. The number of carbonyl (C=O) groups excluding carboxylic acids is 2. The minimum atomic E-state index is -1.08. The number of carboxylic acid groups (broad SMARTS) is 1. The van der Waals surface area contributed by atoms with E-state index in [1.807, 2.05) is 0 Å². The van der Waals surface area contributed by atoms with E-state index in [9.17, 15) is 19.5 Å². The fraction of sp³-hybridized carbons (Fsp3) is 0.0370. The summed E-state index contributed by atoms with van der Waals surface area (Å²) in [7, 11) is 0. The number of aromatic carboxylic acids is 1. The first-order valence-corrected chi connectivity index (χ1v) is 11.7. The number of nitrogens with one attached hydrogen (secondary N) is 2. The number of carbonyl (C=O) groups is 3. The molecule has 3 N–H and O–H groups in total. The Bertz CT molecular complexity index is 1580. The maximum absolute atomic E-state index is 13.3. The quantitative estimate of drug-likeness (QED) is 0.261. The molecule has 2 amide bonds. The lowest BCUT2D eigenvalue weighted by molar-refractivity contribution is 0.0602. The van der Waals surface area contributed by atoms with Gasteiger partial charge in [0.25, 0.3) is 11.8 Å². The van der Waals surface area contributed by atoms with Crippen LogP contribution < -0.4 is 0 Å². The second-order valence-corrected chi connectivity index (χ2v) is 8.64. The molecule has 1 aromatic carbocycles. The van der Waals surface area contributed by atoms with E-state index < -0.39 is 17.8 Å². The van der Waals surface area contributed by atoms with Gasteiger partial charge in [-0.2, -0.15) is 5.10 Å². The third-order valence-electron chi connectivity index (χ3n) is 5.86. The average Bonchev–Trinajstić information content (AvgIpc) is 3.63. The monoisotopic (exact) mass is 526 g/mol. The van der Waals surface area contributed by atoms with Gasteiger partial charge in [0.05, 0.1) is 6.54 Å². The SMILES string of the molecule is O=C(O)c1cc(-c2n[nH]cc2-c2ccc(CN(C(=O)c3ccncc3)C(=O)c3ccncc3)c(Cl)c2)c[nH]1. The minimum absolute atomic E-state index is 0.0418. The average molecular weight is 527 g/mol. The molecule has 0 unspecified atom stereocenters. The lowest BCUT2D eigenvalue weighted by Crippen LogP contribution is -2.36. The molecule has 0 atom stereocenters. The van der Waals surface area contributed by atoms with Gasteiger partial charge in [0.15, 0.2) is 0 Å². The number of pyridine rings is 2. The van der Waals surface area contributed by atoms with Gasteiger partial charge in [-0.15, -0.1) is 0 Å². The number of carboxylic acids is 1. The van der Waals surface area contributed by atoms with Crippen LogP contribution in [0.15, 0.2) is 85.7 Å². The number of aromatic nitrogens is 5. The van der Waals surface area contributed by atoms with Crippen molar-refractivity contribution in [2.45, 2.75) is 6.54 Å². The summed E-state index contributed by atoms with van der Waals surface area (Å²) >= 11 is 6.65. The molecule has 0 saturated heterocycles. The summed E-state index contributed by atoms with van der Waals surface area (Å²) in [5.74, 6) is -2.06. The predicted octanol–water partition coefficient (Wildman–Crippen LogP) is 4.70. The molecule has 11 heteroatoms. The van der Waals surface area contributed by atoms with E-state index in [1.54, 1.807) is 30.6 Å². The van der Waals surface area contributed by atoms with Gasteiger partial charge in [0.1, 0.15) is 11.4 Å². The molecule has 38 heavy (non-hydrogen) atoms. The number of nitrogens with zero attached hydrogens (tertiary/aromatic N) is 4. The molecule has 0 saturated carbocycles. The molecule has 0 aliphatic rings. The molecule has 0 aliphatic heterocycles. The van der Waals surface area contributed by atoms with Crippen molar-refractivity contribution in [1.29, 1.82) is 0 Å². The Morgan fingerprint density at radius 1 is 0.842 bits per heavy atom. The lowest BCUT2D eigenvalue weighted by atomic mass is 10.0. The number of hydrogen-bond acceptors (Lipinski definition) is 6. The fourth-order valence-electron chi connectivity index (χ4n) is 3.93. The van der Waals surface area contributed by atoms with Gasteiger partial charge in [-0.3, -0.25) is 29.6 Å². The highest BCUT2D eigenvalue weighted by Gasteiger charge is 2.25.